The molecule has 2 N–H and O–H groups in total. The van der Waals surface area contributed by atoms with Crippen LogP contribution in [0.2, 0.25) is 5.02 Å². The number of nitrogens with two attached hydrogens (primary N) is 1. The minimum Gasteiger partial charge on any atom is -0.493 e. The summed E-state index contributed by atoms with van der Waals surface area (Å²) in [5.41, 5.74) is 7.13. The van der Waals surface area contributed by atoms with Crippen LogP contribution in [0.1, 0.15) is 31.2 Å². The fraction of sp³-hybridized carbons (Fsp3) is 0.600. The van der Waals surface area contributed by atoms with Crippen molar-refractivity contribution in [3.05, 3.63) is 22.7 Å². The van der Waals surface area contributed by atoms with Gasteiger partial charge in [0.05, 0.1) is 13.7 Å². The Kier molecular flexibility index (Phi) is 3.35. The van der Waals surface area contributed by atoms with Gasteiger partial charge >= 0.3 is 0 Å². The maximum absolute atomic E-state index is 6.33. The highest BCUT2D eigenvalue weighted by Gasteiger charge is 2.40. The van der Waals surface area contributed by atoms with E-state index in [4.69, 9.17) is 26.8 Å². The first-order valence-corrected chi connectivity index (χ1v) is 7.26. The predicted molar refractivity (Wildman–Crippen MR) is 76.1 cm³/mol. The highest BCUT2D eigenvalue weighted by atomic mass is 35.5. The minimum atomic E-state index is -0.0896. The molecular formula is C15H20ClNO2. The van der Waals surface area contributed by atoms with Crippen LogP contribution >= 0.6 is 11.6 Å². The molecule has 2 saturated carbocycles. The van der Waals surface area contributed by atoms with E-state index in [0.29, 0.717) is 5.92 Å². The van der Waals surface area contributed by atoms with Crippen molar-refractivity contribution in [2.75, 3.05) is 13.7 Å². The zero-order valence-electron chi connectivity index (χ0n) is 11.2. The molecule has 0 amide bonds. The summed E-state index contributed by atoms with van der Waals surface area (Å²) in [5, 5.41) is 0.725. The Hall–Kier alpha value is -0.930. The number of hydrogen-bond acceptors (Lipinski definition) is 3. The van der Waals surface area contributed by atoms with Crippen LogP contribution in [0, 0.1) is 5.92 Å². The molecule has 0 aliphatic heterocycles. The molecule has 2 fully saturated rings. The Morgan fingerprint density at radius 1 is 1.37 bits per heavy atom. The van der Waals surface area contributed by atoms with Gasteiger partial charge < -0.3 is 15.2 Å². The van der Waals surface area contributed by atoms with E-state index in [1.165, 1.54) is 12.8 Å². The maximum atomic E-state index is 6.33. The van der Waals surface area contributed by atoms with Crippen LogP contribution in [0.15, 0.2) is 12.1 Å². The number of halogens is 1. The molecule has 1 aromatic rings. The lowest BCUT2D eigenvalue weighted by Crippen LogP contribution is -2.25. The first-order chi connectivity index (χ1) is 9.11. The standard InChI is InChI=1S/C15H20ClNO2/c1-18-13-5-4-12(16)11(8-15(17)6-7-15)14(13)19-9-10-2-3-10/h4-5,10H,2-3,6-9,17H2,1H3. The molecule has 4 heteroatoms. The first-order valence-electron chi connectivity index (χ1n) is 6.88. The van der Waals surface area contributed by atoms with Gasteiger partial charge in [-0.2, -0.15) is 0 Å². The van der Waals surface area contributed by atoms with E-state index in [1.54, 1.807) is 7.11 Å². The lowest BCUT2D eigenvalue weighted by molar-refractivity contribution is 0.277. The molecule has 2 aliphatic carbocycles. The Bertz CT molecular complexity index is 481. The molecule has 0 unspecified atom stereocenters. The van der Waals surface area contributed by atoms with Gasteiger partial charge in [0.25, 0.3) is 0 Å². The first kappa shape index (κ1) is 13.1. The van der Waals surface area contributed by atoms with Crippen LogP contribution < -0.4 is 15.2 Å². The number of benzene rings is 1. The van der Waals surface area contributed by atoms with Crippen molar-refractivity contribution >= 4 is 11.6 Å². The molecule has 104 valence electrons. The van der Waals surface area contributed by atoms with Gasteiger partial charge in [-0.05, 0) is 50.2 Å². The van der Waals surface area contributed by atoms with Crippen molar-refractivity contribution in [3.8, 4) is 11.5 Å². The lowest BCUT2D eigenvalue weighted by Gasteiger charge is -2.18. The van der Waals surface area contributed by atoms with Crippen LogP contribution in [0.4, 0.5) is 0 Å². The molecule has 0 radical (unpaired) electrons. The zero-order chi connectivity index (χ0) is 13.5. The second-order valence-corrected chi connectivity index (χ2v) is 6.26. The van der Waals surface area contributed by atoms with E-state index >= 15 is 0 Å². The van der Waals surface area contributed by atoms with Gasteiger partial charge in [-0.3, -0.25) is 0 Å². The Morgan fingerprint density at radius 3 is 2.68 bits per heavy atom. The van der Waals surface area contributed by atoms with Gasteiger partial charge in [0.1, 0.15) is 0 Å². The van der Waals surface area contributed by atoms with Crippen molar-refractivity contribution in [3.63, 3.8) is 0 Å². The summed E-state index contributed by atoms with van der Waals surface area (Å²) in [7, 11) is 1.66. The minimum absolute atomic E-state index is 0.0896. The van der Waals surface area contributed by atoms with Gasteiger partial charge in [-0.1, -0.05) is 11.6 Å². The summed E-state index contributed by atoms with van der Waals surface area (Å²) in [4.78, 5) is 0. The molecule has 0 aromatic heterocycles. The Morgan fingerprint density at radius 2 is 2.11 bits per heavy atom. The number of rotatable bonds is 6. The van der Waals surface area contributed by atoms with Crippen LogP contribution in [0.5, 0.6) is 11.5 Å². The fourth-order valence-electron chi connectivity index (χ4n) is 2.24. The van der Waals surface area contributed by atoms with E-state index in [-0.39, 0.29) is 5.54 Å². The molecule has 0 heterocycles. The van der Waals surface area contributed by atoms with E-state index < -0.39 is 0 Å². The smallest absolute Gasteiger partial charge is 0.165 e. The van der Waals surface area contributed by atoms with Crippen molar-refractivity contribution in [2.24, 2.45) is 11.7 Å². The molecule has 2 aliphatic rings. The van der Waals surface area contributed by atoms with E-state index in [9.17, 15) is 0 Å². The summed E-state index contributed by atoms with van der Waals surface area (Å²) in [6.07, 6.45) is 5.41. The normalized spacial score (nSPS) is 20.2. The summed E-state index contributed by atoms with van der Waals surface area (Å²) in [6.45, 7) is 0.751. The third kappa shape index (κ3) is 2.98. The Balaban J connectivity index is 1.87. The van der Waals surface area contributed by atoms with Crippen LogP contribution in [-0.2, 0) is 6.42 Å². The second-order valence-electron chi connectivity index (χ2n) is 5.85. The maximum Gasteiger partial charge on any atom is 0.165 e. The van der Waals surface area contributed by atoms with Gasteiger partial charge in [0, 0.05) is 16.1 Å². The lowest BCUT2D eigenvalue weighted by atomic mass is 10.0. The van der Waals surface area contributed by atoms with Crippen LogP contribution in [0.25, 0.3) is 0 Å². The van der Waals surface area contributed by atoms with Crippen molar-refractivity contribution < 1.29 is 9.47 Å². The second kappa shape index (κ2) is 4.88. The molecule has 0 spiro atoms. The summed E-state index contributed by atoms with van der Waals surface area (Å²) < 4.78 is 11.4. The molecule has 0 bridgehead atoms. The third-order valence-corrected chi connectivity index (χ3v) is 4.32. The highest BCUT2D eigenvalue weighted by molar-refractivity contribution is 6.31. The van der Waals surface area contributed by atoms with Gasteiger partial charge in [0.2, 0.25) is 0 Å². The molecule has 3 nitrogen and oxygen atoms in total. The monoisotopic (exact) mass is 281 g/mol. The number of methoxy groups -OCH3 is 1. The molecule has 3 rings (SSSR count). The zero-order valence-corrected chi connectivity index (χ0v) is 12.0. The van der Waals surface area contributed by atoms with E-state index in [0.717, 1.165) is 48.0 Å². The highest BCUT2D eigenvalue weighted by Crippen LogP contribution is 2.44. The van der Waals surface area contributed by atoms with Gasteiger partial charge in [-0.25, -0.2) is 0 Å². The number of ether oxygens (including phenoxy) is 2. The average Bonchev–Trinajstić information content (AvgIpc) is 3.29. The molecule has 0 atom stereocenters. The van der Waals surface area contributed by atoms with E-state index in [1.807, 2.05) is 12.1 Å². The largest absolute Gasteiger partial charge is 0.493 e. The molecular weight excluding hydrogens is 262 g/mol. The van der Waals surface area contributed by atoms with Gasteiger partial charge in [-0.15, -0.1) is 0 Å². The average molecular weight is 282 g/mol. The molecule has 19 heavy (non-hydrogen) atoms. The SMILES string of the molecule is COc1ccc(Cl)c(CC2(N)CC2)c1OCC1CC1. The van der Waals surface area contributed by atoms with E-state index in [2.05, 4.69) is 0 Å². The van der Waals surface area contributed by atoms with Crippen molar-refractivity contribution in [1.29, 1.82) is 0 Å². The topological polar surface area (TPSA) is 44.5 Å². The molecule has 1 aromatic carbocycles. The summed E-state index contributed by atoms with van der Waals surface area (Å²) >= 11 is 6.33. The quantitative estimate of drug-likeness (QED) is 0.871. The third-order valence-electron chi connectivity index (χ3n) is 3.97. The van der Waals surface area contributed by atoms with Gasteiger partial charge in [0.15, 0.2) is 11.5 Å². The molecule has 0 saturated heterocycles. The summed E-state index contributed by atoms with van der Waals surface area (Å²) in [5.74, 6) is 2.24. The van der Waals surface area contributed by atoms with Crippen LogP contribution in [0.3, 0.4) is 0 Å². The van der Waals surface area contributed by atoms with Crippen LogP contribution in [-0.4, -0.2) is 19.3 Å². The number of hydrogen-bond donors (Lipinski definition) is 1. The summed E-state index contributed by atoms with van der Waals surface area (Å²) in [6, 6.07) is 3.73. The Labute approximate surface area is 119 Å². The fourth-order valence-corrected chi connectivity index (χ4v) is 2.46. The van der Waals surface area contributed by atoms with Crippen molar-refractivity contribution in [2.45, 2.75) is 37.6 Å². The van der Waals surface area contributed by atoms with Crippen molar-refractivity contribution in [1.82, 2.24) is 0 Å². The predicted octanol–water partition coefficient (Wildman–Crippen LogP) is 3.17.